The Kier molecular flexibility index (Phi) is 4.51. The fraction of sp³-hybridized carbons (Fsp3) is 1.00. The van der Waals surface area contributed by atoms with E-state index >= 15 is 0 Å². The number of nitrogens with two attached hydrogens (primary N) is 1. The SMILES string of the molecule is CN(C)S(=O)(=O)N(CCN)C(C)(C)C. The van der Waals surface area contributed by atoms with Crippen LogP contribution in [0.4, 0.5) is 0 Å². The molecule has 0 aliphatic heterocycles. The van der Waals surface area contributed by atoms with E-state index in [1.807, 2.05) is 20.8 Å². The third kappa shape index (κ3) is 3.20. The Morgan fingerprint density at radius 3 is 1.86 bits per heavy atom. The summed E-state index contributed by atoms with van der Waals surface area (Å²) in [5, 5.41) is 0. The van der Waals surface area contributed by atoms with Crippen LogP contribution < -0.4 is 5.73 Å². The van der Waals surface area contributed by atoms with Crippen LogP contribution in [0.2, 0.25) is 0 Å². The summed E-state index contributed by atoms with van der Waals surface area (Å²) < 4.78 is 26.3. The summed E-state index contributed by atoms with van der Waals surface area (Å²) in [6, 6.07) is 0. The van der Waals surface area contributed by atoms with E-state index < -0.39 is 15.7 Å². The molecule has 0 aliphatic rings. The second-order valence-corrected chi connectivity index (χ2v) is 6.39. The van der Waals surface area contributed by atoms with Crippen LogP contribution in [-0.2, 0) is 10.2 Å². The van der Waals surface area contributed by atoms with E-state index in [1.165, 1.54) is 22.7 Å². The zero-order valence-corrected chi connectivity index (χ0v) is 10.4. The van der Waals surface area contributed by atoms with Gasteiger partial charge in [-0.15, -0.1) is 0 Å². The molecule has 0 saturated heterocycles. The fourth-order valence-corrected chi connectivity index (χ4v) is 2.53. The van der Waals surface area contributed by atoms with Gasteiger partial charge in [-0.25, -0.2) is 0 Å². The molecule has 0 aromatic rings. The lowest BCUT2D eigenvalue weighted by molar-refractivity contribution is 0.241. The van der Waals surface area contributed by atoms with Crippen molar-refractivity contribution in [2.75, 3.05) is 27.2 Å². The predicted molar refractivity (Wildman–Crippen MR) is 58.1 cm³/mol. The van der Waals surface area contributed by atoms with Crippen LogP contribution in [0.3, 0.4) is 0 Å². The first-order chi connectivity index (χ1) is 6.14. The molecule has 0 aromatic carbocycles. The van der Waals surface area contributed by atoms with Gasteiger partial charge >= 0.3 is 0 Å². The monoisotopic (exact) mass is 223 g/mol. The van der Waals surface area contributed by atoms with Gasteiger partial charge in [0.1, 0.15) is 0 Å². The molecule has 14 heavy (non-hydrogen) atoms. The van der Waals surface area contributed by atoms with Gasteiger partial charge in [0.25, 0.3) is 10.2 Å². The molecular weight excluding hydrogens is 202 g/mol. The van der Waals surface area contributed by atoms with E-state index in [0.29, 0.717) is 13.1 Å². The summed E-state index contributed by atoms with van der Waals surface area (Å²) in [6.45, 7) is 6.21. The third-order valence-corrected chi connectivity index (χ3v) is 4.03. The van der Waals surface area contributed by atoms with Crippen LogP contribution in [0.25, 0.3) is 0 Å². The summed E-state index contributed by atoms with van der Waals surface area (Å²) in [4.78, 5) is 0. The molecule has 0 spiro atoms. The molecule has 0 heterocycles. The molecule has 5 nitrogen and oxygen atoms in total. The minimum Gasteiger partial charge on any atom is -0.329 e. The van der Waals surface area contributed by atoms with Crippen LogP contribution in [-0.4, -0.2) is 49.8 Å². The molecule has 2 N–H and O–H groups in total. The lowest BCUT2D eigenvalue weighted by Crippen LogP contribution is -2.51. The number of hydrogen-bond donors (Lipinski definition) is 1. The van der Waals surface area contributed by atoms with Crippen LogP contribution in [0.5, 0.6) is 0 Å². The Bertz CT molecular complexity index is 267. The molecule has 0 aliphatic carbocycles. The van der Waals surface area contributed by atoms with Gasteiger partial charge in [0, 0.05) is 32.7 Å². The van der Waals surface area contributed by atoms with E-state index in [-0.39, 0.29) is 0 Å². The van der Waals surface area contributed by atoms with Gasteiger partial charge in [-0.2, -0.15) is 17.0 Å². The van der Waals surface area contributed by atoms with Crippen molar-refractivity contribution < 1.29 is 8.42 Å². The van der Waals surface area contributed by atoms with Crippen molar-refractivity contribution in [3.05, 3.63) is 0 Å². The normalized spacial score (nSPS) is 14.0. The van der Waals surface area contributed by atoms with E-state index in [9.17, 15) is 8.42 Å². The van der Waals surface area contributed by atoms with Crippen LogP contribution in [0.1, 0.15) is 20.8 Å². The Labute approximate surface area is 87.0 Å². The smallest absolute Gasteiger partial charge is 0.281 e. The molecule has 0 radical (unpaired) electrons. The fourth-order valence-electron chi connectivity index (χ4n) is 1.11. The molecule has 0 bridgehead atoms. The Hall–Kier alpha value is -0.170. The second-order valence-electron chi connectivity index (χ2n) is 4.32. The van der Waals surface area contributed by atoms with Gasteiger partial charge in [-0.3, -0.25) is 0 Å². The summed E-state index contributed by atoms with van der Waals surface area (Å²) in [5.41, 5.74) is 4.96. The maximum absolute atomic E-state index is 11.9. The average molecular weight is 223 g/mol. The highest BCUT2D eigenvalue weighted by atomic mass is 32.2. The summed E-state index contributed by atoms with van der Waals surface area (Å²) in [5.74, 6) is 0. The van der Waals surface area contributed by atoms with E-state index in [0.717, 1.165) is 0 Å². The standard InChI is InChI=1S/C8H21N3O2S/c1-8(2,3)11(7-6-9)14(12,13)10(4)5/h6-7,9H2,1-5H3. The minimum absolute atomic E-state index is 0.324. The Balaban J connectivity index is 5.04. The molecular formula is C8H21N3O2S. The van der Waals surface area contributed by atoms with Crippen molar-refractivity contribution in [3.63, 3.8) is 0 Å². The molecule has 0 rings (SSSR count). The highest BCUT2D eigenvalue weighted by Crippen LogP contribution is 2.18. The Morgan fingerprint density at radius 1 is 1.21 bits per heavy atom. The maximum Gasteiger partial charge on any atom is 0.281 e. The second kappa shape index (κ2) is 4.57. The van der Waals surface area contributed by atoms with Gasteiger partial charge < -0.3 is 5.73 Å². The quantitative estimate of drug-likeness (QED) is 0.721. The first kappa shape index (κ1) is 13.8. The highest BCUT2D eigenvalue weighted by molar-refractivity contribution is 7.86. The largest absolute Gasteiger partial charge is 0.329 e. The Morgan fingerprint density at radius 2 is 1.64 bits per heavy atom. The predicted octanol–water partition coefficient (Wildman–Crippen LogP) is -0.148. The molecule has 0 unspecified atom stereocenters. The van der Waals surface area contributed by atoms with Crippen molar-refractivity contribution in [2.24, 2.45) is 5.73 Å². The van der Waals surface area contributed by atoms with Crippen LogP contribution in [0, 0.1) is 0 Å². The lowest BCUT2D eigenvalue weighted by atomic mass is 10.1. The summed E-state index contributed by atoms with van der Waals surface area (Å²) in [6.07, 6.45) is 0. The van der Waals surface area contributed by atoms with E-state index in [4.69, 9.17) is 5.73 Å². The van der Waals surface area contributed by atoms with Crippen LogP contribution in [0.15, 0.2) is 0 Å². The first-order valence-corrected chi connectivity index (χ1v) is 5.94. The highest BCUT2D eigenvalue weighted by Gasteiger charge is 2.33. The van der Waals surface area contributed by atoms with Crippen molar-refractivity contribution >= 4 is 10.2 Å². The van der Waals surface area contributed by atoms with Crippen LogP contribution >= 0.6 is 0 Å². The topological polar surface area (TPSA) is 66.6 Å². The van der Waals surface area contributed by atoms with Gasteiger partial charge in [0.05, 0.1) is 0 Å². The van der Waals surface area contributed by atoms with E-state index in [2.05, 4.69) is 0 Å². The molecule has 6 heteroatoms. The van der Waals surface area contributed by atoms with Gasteiger partial charge in [-0.05, 0) is 20.8 Å². The third-order valence-electron chi connectivity index (χ3n) is 1.82. The molecule has 86 valence electrons. The lowest BCUT2D eigenvalue weighted by Gasteiger charge is -2.35. The first-order valence-electron chi connectivity index (χ1n) is 4.54. The molecule has 0 atom stereocenters. The minimum atomic E-state index is -3.37. The van der Waals surface area contributed by atoms with E-state index in [1.54, 1.807) is 0 Å². The zero-order valence-electron chi connectivity index (χ0n) is 9.61. The van der Waals surface area contributed by atoms with Crippen molar-refractivity contribution in [1.82, 2.24) is 8.61 Å². The van der Waals surface area contributed by atoms with Gasteiger partial charge in [0.2, 0.25) is 0 Å². The molecule has 0 saturated carbocycles. The number of nitrogens with zero attached hydrogens (tertiary/aromatic N) is 2. The summed E-state index contributed by atoms with van der Waals surface area (Å²) in [7, 11) is -0.335. The van der Waals surface area contributed by atoms with Gasteiger partial charge in [0.15, 0.2) is 0 Å². The average Bonchev–Trinajstić information content (AvgIpc) is 1.97. The number of rotatable bonds is 4. The van der Waals surface area contributed by atoms with Crippen molar-refractivity contribution in [3.8, 4) is 0 Å². The zero-order chi connectivity index (χ0) is 11.6. The molecule has 0 fully saturated rings. The number of hydrogen-bond acceptors (Lipinski definition) is 3. The van der Waals surface area contributed by atoms with Gasteiger partial charge in [-0.1, -0.05) is 0 Å². The van der Waals surface area contributed by atoms with Crippen molar-refractivity contribution in [1.29, 1.82) is 0 Å². The summed E-state index contributed by atoms with van der Waals surface area (Å²) >= 11 is 0. The molecule has 0 aromatic heterocycles. The maximum atomic E-state index is 11.9. The molecule has 0 amide bonds. The van der Waals surface area contributed by atoms with Crippen molar-refractivity contribution in [2.45, 2.75) is 26.3 Å².